The van der Waals surface area contributed by atoms with Crippen molar-refractivity contribution in [2.75, 3.05) is 6.54 Å². The molecule has 2 atom stereocenters. The van der Waals surface area contributed by atoms with Gasteiger partial charge in [0, 0.05) is 6.54 Å². The molecule has 1 aliphatic carbocycles. The third kappa shape index (κ3) is 3.80. The van der Waals surface area contributed by atoms with Crippen LogP contribution in [0.2, 0.25) is 0 Å². The Bertz CT molecular complexity index is 231. The van der Waals surface area contributed by atoms with Gasteiger partial charge >= 0.3 is 0 Å². The monoisotopic (exact) mass is 214 g/mol. The molecule has 1 aliphatic rings. The van der Waals surface area contributed by atoms with E-state index in [9.17, 15) is 9.90 Å². The van der Waals surface area contributed by atoms with Gasteiger partial charge in [0.2, 0.25) is 5.91 Å². The van der Waals surface area contributed by atoms with Crippen molar-refractivity contribution in [2.45, 2.75) is 45.8 Å². The summed E-state index contributed by atoms with van der Waals surface area (Å²) in [6, 6.07) is -0.524. The summed E-state index contributed by atoms with van der Waals surface area (Å²) >= 11 is 0. The molecular formula is C11H22N2O2. The summed E-state index contributed by atoms with van der Waals surface area (Å²) in [6.45, 7) is 6.10. The molecule has 4 heteroatoms. The Morgan fingerprint density at radius 1 is 1.53 bits per heavy atom. The van der Waals surface area contributed by atoms with Gasteiger partial charge in [0.15, 0.2) is 0 Å². The van der Waals surface area contributed by atoms with Gasteiger partial charge in [-0.05, 0) is 24.2 Å². The second-order valence-electron chi connectivity index (χ2n) is 5.49. The van der Waals surface area contributed by atoms with Gasteiger partial charge in [-0.2, -0.15) is 0 Å². The number of hydrogen-bond donors (Lipinski definition) is 3. The molecule has 0 aromatic rings. The molecule has 0 heterocycles. The van der Waals surface area contributed by atoms with Gasteiger partial charge in [0.25, 0.3) is 0 Å². The van der Waals surface area contributed by atoms with Gasteiger partial charge in [-0.15, -0.1) is 0 Å². The lowest BCUT2D eigenvalue weighted by molar-refractivity contribution is -0.125. The number of carbonyl (C=O) groups is 1. The zero-order valence-electron chi connectivity index (χ0n) is 9.79. The van der Waals surface area contributed by atoms with E-state index in [0.29, 0.717) is 12.5 Å². The Morgan fingerprint density at radius 2 is 2.07 bits per heavy atom. The highest BCUT2D eigenvalue weighted by Crippen LogP contribution is 2.32. The van der Waals surface area contributed by atoms with E-state index in [1.54, 1.807) is 0 Å². The van der Waals surface area contributed by atoms with Crippen LogP contribution >= 0.6 is 0 Å². The number of rotatable bonds is 4. The van der Waals surface area contributed by atoms with Crippen molar-refractivity contribution in [2.24, 2.45) is 17.1 Å². The Morgan fingerprint density at radius 3 is 2.47 bits per heavy atom. The maximum atomic E-state index is 11.6. The second-order valence-corrected chi connectivity index (χ2v) is 5.49. The standard InChI is InChI=1S/C11H22N2O2/c1-11(2,3)9(12)10(15)13-6-8(14)7-4-5-7/h7-9,14H,4-6,12H2,1-3H3,(H,13,15)/t8?,9-/m0/s1. The smallest absolute Gasteiger partial charge is 0.237 e. The van der Waals surface area contributed by atoms with Gasteiger partial charge in [-0.3, -0.25) is 4.79 Å². The minimum atomic E-state index is -0.524. The summed E-state index contributed by atoms with van der Waals surface area (Å²) in [6.07, 6.45) is 1.74. The molecule has 1 unspecified atom stereocenters. The molecule has 1 rings (SSSR count). The van der Waals surface area contributed by atoms with Crippen LogP contribution in [0.25, 0.3) is 0 Å². The number of nitrogens with two attached hydrogens (primary N) is 1. The van der Waals surface area contributed by atoms with Crippen molar-refractivity contribution in [1.82, 2.24) is 5.32 Å². The van der Waals surface area contributed by atoms with Crippen LogP contribution in [0, 0.1) is 11.3 Å². The Hall–Kier alpha value is -0.610. The molecule has 1 amide bonds. The van der Waals surface area contributed by atoms with Crippen LogP contribution in [0.4, 0.5) is 0 Å². The third-order valence-electron chi connectivity index (χ3n) is 2.87. The van der Waals surface area contributed by atoms with Crippen molar-refractivity contribution < 1.29 is 9.90 Å². The van der Waals surface area contributed by atoms with Crippen LogP contribution in [0.3, 0.4) is 0 Å². The first-order chi connectivity index (χ1) is 6.82. The van der Waals surface area contributed by atoms with Gasteiger partial charge in [0.1, 0.15) is 0 Å². The van der Waals surface area contributed by atoms with E-state index in [0.717, 1.165) is 12.8 Å². The maximum absolute atomic E-state index is 11.6. The summed E-state index contributed by atoms with van der Waals surface area (Å²) in [7, 11) is 0. The fraction of sp³-hybridized carbons (Fsp3) is 0.909. The van der Waals surface area contributed by atoms with Crippen molar-refractivity contribution in [3.8, 4) is 0 Å². The molecule has 88 valence electrons. The molecule has 0 saturated heterocycles. The maximum Gasteiger partial charge on any atom is 0.237 e. The van der Waals surface area contributed by atoms with Crippen molar-refractivity contribution in [1.29, 1.82) is 0 Å². The molecule has 0 aromatic carbocycles. The largest absolute Gasteiger partial charge is 0.391 e. The van der Waals surface area contributed by atoms with E-state index in [1.807, 2.05) is 20.8 Å². The predicted octanol–water partition coefficient (Wildman–Crippen LogP) is 0.247. The number of amides is 1. The van der Waals surface area contributed by atoms with E-state index in [2.05, 4.69) is 5.32 Å². The molecule has 15 heavy (non-hydrogen) atoms. The topological polar surface area (TPSA) is 75.4 Å². The lowest BCUT2D eigenvalue weighted by Gasteiger charge is -2.26. The van der Waals surface area contributed by atoms with Crippen LogP contribution in [0.5, 0.6) is 0 Å². The van der Waals surface area contributed by atoms with Gasteiger partial charge in [-0.25, -0.2) is 0 Å². The zero-order valence-corrected chi connectivity index (χ0v) is 9.79. The summed E-state index contributed by atoms with van der Waals surface area (Å²) in [5, 5.41) is 12.3. The average Bonchev–Trinajstić information content (AvgIpc) is 2.93. The van der Waals surface area contributed by atoms with Crippen LogP contribution in [-0.2, 0) is 4.79 Å². The lowest BCUT2D eigenvalue weighted by atomic mass is 9.87. The van der Waals surface area contributed by atoms with Crippen molar-refractivity contribution in [3.05, 3.63) is 0 Å². The fourth-order valence-corrected chi connectivity index (χ4v) is 1.36. The van der Waals surface area contributed by atoms with Gasteiger partial charge in [0.05, 0.1) is 12.1 Å². The lowest BCUT2D eigenvalue weighted by Crippen LogP contribution is -2.50. The number of carbonyl (C=O) groups excluding carboxylic acids is 1. The molecule has 0 radical (unpaired) electrons. The summed E-state index contributed by atoms with van der Waals surface area (Å²) in [4.78, 5) is 11.6. The van der Waals surface area contributed by atoms with E-state index >= 15 is 0 Å². The van der Waals surface area contributed by atoms with Gasteiger partial charge in [-0.1, -0.05) is 20.8 Å². The number of aliphatic hydroxyl groups excluding tert-OH is 1. The van der Waals surface area contributed by atoms with Crippen LogP contribution in [-0.4, -0.2) is 29.7 Å². The van der Waals surface area contributed by atoms with E-state index in [-0.39, 0.29) is 11.3 Å². The van der Waals surface area contributed by atoms with E-state index in [1.165, 1.54) is 0 Å². The van der Waals surface area contributed by atoms with Crippen LogP contribution in [0.15, 0.2) is 0 Å². The van der Waals surface area contributed by atoms with E-state index < -0.39 is 12.1 Å². The molecular weight excluding hydrogens is 192 g/mol. The van der Waals surface area contributed by atoms with Crippen molar-refractivity contribution >= 4 is 5.91 Å². The first kappa shape index (κ1) is 12.5. The molecule has 0 aromatic heterocycles. The highest BCUT2D eigenvalue weighted by atomic mass is 16.3. The Labute approximate surface area is 91.2 Å². The number of hydrogen-bond acceptors (Lipinski definition) is 3. The minimum Gasteiger partial charge on any atom is -0.391 e. The van der Waals surface area contributed by atoms with Crippen LogP contribution in [0.1, 0.15) is 33.6 Å². The Balaban J connectivity index is 2.28. The molecule has 4 N–H and O–H groups in total. The van der Waals surface area contributed by atoms with Crippen molar-refractivity contribution in [3.63, 3.8) is 0 Å². The minimum absolute atomic E-state index is 0.179. The second kappa shape index (κ2) is 4.49. The van der Waals surface area contributed by atoms with E-state index in [4.69, 9.17) is 5.73 Å². The normalized spacial score (nSPS) is 20.9. The third-order valence-corrected chi connectivity index (χ3v) is 2.87. The summed E-state index contributed by atoms with van der Waals surface area (Å²) in [5.41, 5.74) is 5.54. The predicted molar refractivity (Wildman–Crippen MR) is 59.2 cm³/mol. The quantitative estimate of drug-likeness (QED) is 0.628. The summed E-state index contributed by atoms with van der Waals surface area (Å²) in [5.74, 6) is 0.207. The molecule has 0 bridgehead atoms. The number of nitrogens with one attached hydrogen (secondary N) is 1. The van der Waals surface area contributed by atoms with Gasteiger partial charge < -0.3 is 16.2 Å². The Kier molecular flexibility index (Phi) is 3.73. The summed E-state index contributed by atoms with van der Waals surface area (Å²) < 4.78 is 0. The zero-order chi connectivity index (χ0) is 11.6. The molecule has 0 spiro atoms. The molecule has 0 aliphatic heterocycles. The molecule has 1 saturated carbocycles. The SMILES string of the molecule is CC(C)(C)[C@@H](N)C(=O)NCC(O)C1CC1. The highest BCUT2D eigenvalue weighted by molar-refractivity contribution is 5.82. The number of aliphatic hydroxyl groups is 1. The molecule has 1 fully saturated rings. The first-order valence-corrected chi connectivity index (χ1v) is 5.53. The highest BCUT2D eigenvalue weighted by Gasteiger charge is 2.31. The average molecular weight is 214 g/mol. The van der Waals surface area contributed by atoms with Crippen LogP contribution < -0.4 is 11.1 Å². The first-order valence-electron chi connectivity index (χ1n) is 5.53. The molecule has 4 nitrogen and oxygen atoms in total. The fourth-order valence-electron chi connectivity index (χ4n) is 1.36.